The molecule has 6 heteroatoms. The van der Waals surface area contributed by atoms with Gasteiger partial charge >= 0.3 is 0 Å². The Morgan fingerprint density at radius 3 is 2.37 bits per heavy atom. The smallest absolute Gasteiger partial charge is 0.243 e. The van der Waals surface area contributed by atoms with E-state index in [1.807, 2.05) is 0 Å². The molecule has 1 saturated carbocycles. The molecule has 0 saturated heterocycles. The van der Waals surface area contributed by atoms with Crippen LogP contribution in [-0.4, -0.2) is 37.0 Å². The zero-order valence-electron chi connectivity index (χ0n) is 10.8. The number of nitrogens with zero attached hydrogens (tertiary/aromatic N) is 1. The average molecular weight is 348 g/mol. The third-order valence-corrected chi connectivity index (χ3v) is 6.08. The monoisotopic (exact) mass is 347 g/mol. The Bertz CT molecular complexity index is 529. The van der Waals surface area contributed by atoms with Crippen molar-refractivity contribution in [3.05, 3.63) is 28.7 Å². The van der Waals surface area contributed by atoms with Gasteiger partial charge in [0.15, 0.2) is 0 Å². The third kappa shape index (κ3) is 3.18. The van der Waals surface area contributed by atoms with Crippen LogP contribution in [0.2, 0.25) is 0 Å². The summed E-state index contributed by atoms with van der Waals surface area (Å²) in [5.41, 5.74) is 0. The molecule has 0 bridgehead atoms. The summed E-state index contributed by atoms with van der Waals surface area (Å²) in [6, 6.07) is 6.24. The molecule has 19 heavy (non-hydrogen) atoms. The largest absolute Gasteiger partial charge is 0.391 e. The first kappa shape index (κ1) is 15.0. The predicted octanol–water partition coefficient (Wildman–Crippen LogP) is 2.37. The maximum absolute atomic E-state index is 12.5. The normalized spacial score (nSPS) is 24.6. The van der Waals surface area contributed by atoms with Crippen molar-refractivity contribution in [2.24, 2.45) is 0 Å². The molecule has 106 valence electrons. The summed E-state index contributed by atoms with van der Waals surface area (Å²) in [6.45, 7) is 0. The number of aliphatic hydroxyl groups is 1. The van der Waals surface area contributed by atoms with E-state index in [0.717, 1.165) is 17.3 Å². The van der Waals surface area contributed by atoms with Gasteiger partial charge < -0.3 is 5.11 Å². The van der Waals surface area contributed by atoms with Crippen LogP contribution in [0, 0.1) is 0 Å². The van der Waals surface area contributed by atoms with Crippen LogP contribution in [0.25, 0.3) is 0 Å². The molecule has 0 heterocycles. The van der Waals surface area contributed by atoms with E-state index in [2.05, 4.69) is 15.9 Å². The first-order chi connectivity index (χ1) is 8.93. The minimum atomic E-state index is -3.54. The van der Waals surface area contributed by atoms with Gasteiger partial charge in [-0.25, -0.2) is 8.42 Å². The number of halogens is 1. The van der Waals surface area contributed by atoms with Crippen molar-refractivity contribution in [2.45, 2.75) is 42.7 Å². The van der Waals surface area contributed by atoms with Crippen LogP contribution in [0.15, 0.2) is 33.6 Å². The van der Waals surface area contributed by atoms with E-state index in [-0.39, 0.29) is 10.9 Å². The highest BCUT2D eigenvalue weighted by atomic mass is 79.9. The Kier molecular flexibility index (Phi) is 4.66. The molecule has 1 aromatic carbocycles. The Morgan fingerprint density at radius 1 is 1.21 bits per heavy atom. The Morgan fingerprint density at radius 2 is 1.79 bits per heavy atom. The highest BCUT2D eigenvalue weighted by Crippen LogP contribution is 2.27. The van der Waals surface area contributed by atoms with E-state index in [1.165, 1.54) is 4.31 Å². The van der Waals surface area contributed by atoms with Crippen LogP contribution in [0.4, 0.5) is 0 Å². The lowest BCUT2D eigenvalue weighted by atomic mass is 9.93. The number of rotatable bonds is 3. The molecular weight excluding hydrogens is 330 g/mol. The first-order valence-corrected chi connectivity index (χ1v) is 8.58. The molecule has 0 aromatic heterocycles. The fourth-order valence-electron chi connectivity index (χ4n) is 2.47. The Labute approximate surface area is 122 Å². The maximum Gasteiger partial charge on any atom is 0.243 e. The molecule has 0 aliphatic heterocycles. The lowest BCUT2D eigenvalue weighted by Crippen LogP contribution is -2.46. The molecule has 0 radical (unpaired) electrons. The SMILES string of the molecule is CN(C1CCCCC1O)S(=O)(=O)c1ccc(Br)cc1. The average Bonchev–Trinajstić information content (AvgIpc) is 2.39. The highest BCUT2D eigenvalue weighted by Gasteiger charge is 2.34. The van der Waals surface area contributed by atoms with Crippen molar-refractivity contribution < 1.29 is 13.5 Å². The van der Waals surface area contributed by atoms with Crippen LogP contribution in [-0.2, 0) is 10.0 Å². The van der Waals surface area contributed by atoms with Gasteiger partial charge in [-0.1, -0.05) is 28.8 Å². The van der Waals surface area contributed by atoms with Gasteiger partial charge in [0.1, 0.15) is 0 Å². The van der Waals surface area contributed by atoms with Gasteiger partial charge in [-0.15, -0.1) is 0 Å². The number of hydrogen-bond donors (Lipinski definition) is 1. The molecule has 4 nitrogen and oxygen atoms in total. The molecule has 1 N–H and O–H groups in total. The summed E-state index contributed by atoms with van der Waals surface area (Å²) in [4.78, 5) is 0.260. The van der Waals surface area contributed by atoms with Gasteiger partial charge in [0.05, 0.1) is 17.0 Å². The van der Waals surface area contributed by atoms with Crippen LogP contribution in [0.5, 0.6) is 0 Å². The second kappa shape index (κ2) is 5.91. The van der Waals surface area contributed by atoms with E-state index < -0.39 is 16.1 Å². The number of aliphatic hydroxyl groups excluding tert-OH is 1. The number of benzene rings is 1. The van der Waals surface area contributed by atoms with E-state index in [0.29, 0.717) is 12.8 Å². The summed E-state index contributed by atoms with van der Waals surface area (Å²) in [5, 5.41) is 9.98. The van der Waals surface area contributed by atoms with Gasteiger partial charge in [-0.05, 0) is 37.1 Å². The second-order valence-corrected chi connectivity index (χ2v) is 7.81. The zero-order valence-corrected chi connectivity index (χ0v) is 13.2. The molecule has 2 rings (SSSR count). The van der Waals surface area contributed by atoms with Crippen molar-refractivity contribution in [1.29, 1.82) is 0 Å². The molecule has 1 aliphatic rings. The standard InChI is InChI=1S/C13H18BrNO3S/c1-15(12-4-2-3-5-13(12)16)19(17,18)11-8-6-10(14)7-9-11/h6-9,12-13,16H,2-5H2,1H3. The summed E-state index contributed by atoms with van der Waals surface area (Å²) in [6.07, 6.45) is 2.74. The van der Waals surface area contributed by atoms with Gasteiger partial charge in [0.25, 0.3) is 0 Å². The summed E-state index contributed by atoms with van der Waals surface area (Å²) in [7, 11) is -1.98. The van der Waals surface area contributed by atoms with Gasteiger partial charge in [-0.2, -0.15) is 4.31 Å². The molecule has 1 aromatic rings. The first-order valence-electron chi connectivity index (χ1n) is 6.34. The third-order valence-electron chi connectivity index (χ3n) is 3.65. The summed E-state index contributed by atoms with van der Waals surface area (Å²) in [5.74, 6) is 0. The molecule has 2 atom stereocenters. The molecule has 1 fully saturated rings. The van der Waals surface area contributed by atoms with E-state index in [4.69, 9.17) is 0 Å². The van der Waals surface area contributed by atoms with Crippen LogP contribution >= 0.6 is 15.9 Å². The predicted molar refractivity (Wildman–Crippen MR) is 77.4 cm³/mol. The van der Waals surface area contributed by atoms with Crippen molar-refractivity contribution in [2.75, 3.05) is 7.05 Å². The Hall–Kier alpha value is -0.430. The van der Waals surface area contributed by atoms with Gasteiger partial charge in [0.2, 0.25) is 10.0 Å². The van der Waals surface area contributed by atoms with Crippen molar-refractivity contribution in [3.63, 3.8) is 0 Å². The minimum absolute atomic E-state index is 0.260. The van der Waals surface area contributed by atoms with Crippen LogP contribution in [0.3, 0.4) is 0 Å². The van der Waals surface area contributed by atoms with E-state index >= 15 is 0 Å². The fraction of sp³-hybridized carbons (Fsp3) is 0.538. The maximum atomic E-state index is 12.5. The quantitative estimate of drug-likeness (QED) is 0.913. The zero-order chi connectivity index (χ0) is 14.0. The van der Waals surface area contributed by atoms with Crippen molar-refractivity contribution >= 4 is 26.0 Å². The fourth-order valence-corrected chi connectivity index (χ4v) is 4.15. The lowest BCUT2D eigenvalue weighted by Gasteiger charge is -2.34. The Balaban J connectivity index is 2.25. The number of sulfonamides is 1. The number of likely N-dealkylation sites (N-methyl/N-ethyl adjacent to an activating group) is 1. The highest BCUT2D eigenvalue weighted by molar-refractivity contribution is 9.10. The van der Waals surface area contributed by atoms with Crippen LogP contribution < -0.4 is 0 Å². The lowest BCUT2D eigenvalue weighted by molar-refractivity contribution is 0.0638. The summed E-state index contributed by atoms with van der Waals surface area (Å²) >= 11 is 3.29. The molecule has 0 spiro atoms. The topological polar surface area (TPSA) is 57.6 Å². The van der Waals surface area contributed by atoms with Gasteiger partial charge in [0, 0.05) is 11.5 Å². The molecule has 0 amide bonds. The van der Waals surface area contributed by atoms with Crippen molar-refractivity contribution in [3.8, 4) is 0 Å². The minimum Gasteiger partial charge on any atom is -0.391 e. The van der Waals surface area contributed by atoms with Crippen molar-refractivity contribution in [1.82, 2.24) is 4.31 Å². The van der Waals surface area contributed by atoms with Gasteiger partial charge in [-0.3, -0.25) is 0 Å². The molecule has 1 aliphatic carbocycles. The molecule has 2 unspecified atom stereocenters. The second-order valence-electron chi connectivity index (χ2n) is 4.89. The summed E-state index contributed by atoms with van der Waals surface area (Å²) < 4.78 is 27.1. The van der Waals surface area contributed by atoms with Crippen LogP contribution in [0.1, 0.15) is 25.7 Å². The van der Waals surface area contributed by atoms with E-state index in [1.54, 1.807) is 31.3 Å². The number of hydrogen-bond acceptors (Lipinski definition) is 3. The van der Waals surface area contributed by atoms with E-state index in [9.17, 15) is 13.5 Å². The molecular formula is C13H18BrNO3S.